The van der Waals surface area contributed by atoms with Gasteiger partial charge in [-0.1, -0.05) is 27.5 Å². The summed E-state index contributed by atoms with van der Waals surface area (Å²) in [5.41, 5.74) is 0. The van der Waals surface area contributed by atoms with Crippen LogP contribution in [0.15, 0.2) is 22.7 Å². The van der Waals surface area contributed by atoms with Crippen LogP contribution in [0.2, 0.25) is 5.02 Å². The van der Waals surface area contributed by atoms with E-state index in [1.807, 2.05) is 0 Å². The highest BCUT2D eigenvalue weighted by atomic mass is 79.9. The van der Waals surface area contributed by atoms with Gasteiger partial charge in [0, 0.05) is 9.85 Å². The third-order valence-electron chi connectivity index (χ3n) is 1.09. The molecule has 0 fully saturated rings. The van der Waals surface area contributed by atoms with E-state index in [9.17, 15) is 0 Å². The van der Waals surface area contributed by atoms with Crippen molar-refractivity contribution in [3.05, 3.63) is 27.7 Å². The molecule has 1 nitrogen and oxygen atoms in total. The Balaban J connectivity index is 2.91. The molecule has 12 heavy (non-hydrogen) atoms. The van der Waals surface area contributed by atoms with Gasteiger partial charge in [-0.2, -0.15) is 0 Å². The Bertz CT molecular complexity index is 341. The second kappa shape index (κ2) is 4.61. The molecule has 0 aliphatic heterocycles. The predicted molar refractivity (Wildman–Crippen MR) is 53.4 cm³/mol. The molecule has 0 aliphatic carbocycles. The molecule has 0 aromatic heterocycles. The van der Waals surface area contributed by atoms with Crippen LogP contribution in [0, 0.1) is 11.5 Å². The zero-order chi connectivity index (χ0) is 8.97. The first-order valence-corrected chi connectivity index (χ1v) is 4.51. The van der Waals surface area contributed by atoms with E-state index >= 15 is 0 Å². The van der Waals surface area contributed by atoms with Crippen molar-refractivity contribution in [3.63, 3.8) is 0 Å². The molecular weight excluding hydrogens is 263 g/mol. The van der Waals surface area contributed by atoms with Gasteiger partial charge in [0.05, 0.1) is 5.02 Å². The number of ether oxygens (including phenoxy) is 1. The van der Waals surface area contributed by atoms with Gasteiger partial charge in [-0.25, -0.2) is 0 Å². The molecule has 0 aliphatic rings. The van der Waals surface area contributed by atoms with Crippen LogP contribution in [0.1, 0.15) is 0 Å². The van der Waals surface area contributed by atoms with Crippen LogP contribution in [0.3, 0.4) is 0 Å². The van der Waals surface area contributed by atoms with Gasteiger partial charge in [-0.05, 0) is 29.8 Å². The lowest BCUT2D eigenvalue weighted by atomic mass is 10.3. The van der Waals surface area contributed by atoms with Gasteiger partial charge in [-0.15, -0.1) is 0 Å². The predicted octanol–water partition coefficient (Wildman–Crippen LogP) is 3.64. The Hall–Kier alpha value is -0.360. The molecule has 0 spiro atoms. The van der Waals surface area contributed by atoms with E-state index in [-0.39, 0.29) is 0 Å². The first kappa shape index (κ1) is 9.73. The molecule has 0 bridgehead atoms. The molecule has 4 heteroatoms. The van der Waals surface area contributed by atoms with Gasteiger partial charge in [0.25, 0.3) is 0 Å². The average Bonchev–Trinajstić information content (AvgIpc) is 2.03. The highest BCUT2D eigenvalue weighted by Gasteiger charge is 1.99. The Morgan fingerprint density at radius 3 is 2.75 bits per heavy atom. The lowest BCUT2D eigenvalue weighted by molar-refractivity contribution is 0.520. The summed E-state index contributed by atoms with van der Waals surface area (Å²) in [7, 11) is 0. The fraction of sp³-hybridized carbons (Fsp3) is 0. The summed E-state index contributed by atoms with van der Waals surface area (Å²) in [6, 6.07) is 5.22. The fourth-order valence-electron chi connectivity index (χ4n) is 0.632. The van der Waals surface area contributed by atoms with Crippen LogP contribution in [0.25, 0.3) is 0 Å². The molecule has 0 atom stereocenters. The van der Waals surface area contributed by atoms with Gasteiger partial charge in [0.2, 0.25) is 0 Å². The minimum absolute atomic E-state index is 0.490. The van der Waals surface area contributed by atoms with E-state index in [2.05, 4.69) is 27.4 Å². The van der Waals surface area contributed by atoms with Crippen molar-refractivity contribution in [2.75, 3.05) is 0 Å². The Labute approximate surface area is 88.7 Å². The SMILES string of the molecule is ClC#COc1ccc(Br)cc1Cl. The number of halogens is 3. The summed E-state index contributed by atoms with van der Waals surface area (Å²) >= 11 is 14.2. The topological polar surface area (TPSA) is 9.23 Å². The molecule has 0 amide bonds. The summed E-state index contributed by atoms with van der Waals surface area (Å²) in [6.07, 6.45) is 2.24. The molecule has 0 N–H and O–H groups in total. The molecule has 0 heterocycles. The summed E-state index contributed by atoms with van der Waals surface area (Å²) in [5.74, 6) is 0.494. The average molecular weight is 266 g/mol. The molecule has 62 valence electrons. The molecule has 1 aromatic carbocycles. The van der Waals surface area contributed by atoms with E-state index in [1.54, 1.807) is 18.2 Å². The summed E-state index contributed by atoms with van der Waals surface area (Å²) in [5, 5.41) is 2.58. The zero-order valence-electron chi connectivity index (χ0n) is 5.77. The van der Waals surface area contributed by atoms with Gasteiger partial charge >= 0.3 is 0 Å². The van der Waals surface area contributed by atoms with Gasteiger partial charge in [-0.3, -0.25) is 0 Å². The first-order chi connectivity index (χ1) is 5.74. The zero-order valence-corrected chi connectivity index (χ0v) is 8.87. The van der Waals surface area contributed by atoms with Crippen molar-refractivity contribution in [2.45, 2.75) is 0 Å². The van der Waals surface area contributed by atoms with Crippen molar-refractivity contribution in [1.29, 1.82) is 0 Å². The number of hydrogen-bond donors (Lipinski definition) is 0. The van der Waals surface area contributed by atoms with E-state index in [1.165, 1.54) is 0 Å². The van der Waals surface area contributed by atoms with Crippen LogP contribution >= 0.6 is 39.1 Å². The van der Waals surface area contributed by atoms with Gasteiger partial charge < -0.3 is 4.74 Å². The largest absolute Gasteiger partial charge is 0.405 e. The van der Waals surface area contributed by atoms with Gasteiger partial charge in [0.1, 0.15) is 6.11 Å². The van der Waals surface area contributed by atoms with Crippen LogP contribution < -0.4 is 4.74 Å². The number of hydrogen-bond acceptors (Lipinski definition) is 1. The summed E-state index contributed by atoms with van der Waals surface area (Å²) in [6.45, 7) is 0. The highest BCUT2D eigenvalue weighted by Crippen LogP contribution is 2.27. The molecule has 0 saturated heterocycles. The van der Waals surface area contributed by atoms with Crippen molar-refractivity contribution < 1.29 is 4.74 Å². The minimum Gasteiger partial charge on any atom is -0.405 e. The van der Waals surface area contributed by atoms with Gasteiger partial charge in [0.15, 0.2) is 5.75 Å². The van der Waals surface area contributed by atoms with E-state index in [4.69, 9.17) is 27.9 Å². The number of rotatable bonds is 1. The molecule has 1 aromatic rings. The number of benzene rings is 1. The first-order valence-electron chi connectivity index (χ1n) is 2.96. The maximum atomic E-state index is 5.80. The highest BCUT2D eigenvalue weighted by molar-refractivity contribution is 9.10. The lowest BCUT2D eigenvalue weighted by Gasteiger charge is -1.99. The quantitative estimate of drug-likeness (QED) is 0.705. The van der Waals surface area contributed by atoms with E-state index < -0.39 is 0 Å². The monoisotopic (exact) mass is 264 g/mol. The Morgan fingerprint density at radius 2 is 2.17 bits per heavy atom. The second-order valence-corrected chi connectivity index (χ2v) is 3.39. The van der Waals surface area contributed by atoms with Crippen LogP contribution in [0.5, 0.6) is 5.75 Å². The van der Waals surface area contributed by atoms with Crippen LogP contribution in [0.4, 0.5) is 0 Å². The molecule has 0 saturated carbocycles. The standard InChI is InChI=1S/C8H3BrCl2O/c9-6-1-2-8(7(11)5-6)12-4-3-10/h1-2,5H. The third-order valence-corrected chi connectivity index (χ3v) is 1.96. The van der Waals surface area contributed by atoms with Crippen molar-refractivity contribution in [3.8, 4) is 17.2 Å². The Kier molecular flexibility index (Phi) is 3.74. The normalized spacial score (nSPS) is 8.58. The van der Waals surface area contributed by atoms with Crippen molar-refractivity contribution in [2.24, 2.45) is 0 Å². The summed E-state index contributed by atoms with van der Waals surface area (Å²) < 4.78 is 5.78. The maximum absolute atomic E-state index is 5.80. The Morgan fingerprint density at radius 1 is 1.42 bits per heavy atom. The smallest absolute Gasteiger partial charge is 0.158 e. The third kappa shape index (κ3) is 2.60. The fourth-order valence-corrected chi connectivity index (χ4v) is 1.38. The van der Waals surface area contributed by atoms with Crippen molar-refractivity contribution >= 4 is 39.1 Å². The van der Waals surface area contributed by atoms with E-state index in [0.717, 1.165) is 4.47 Å². The maximum Gasteiger partial charge on any atom is 0.158 e. The molecular formula is C8H3BrCl2O. The molecule has 1 rings (SSSR count). The minimum atomic E-state index is 0.490. The summed E-state index contributed by atoms with van der Waals surface area (Å²) in [4.78, 5) is 0. The van der Waals surface area contributed by atoms with Crippen LogP contribution in [-0.4, -0.2) is 0 Å². The second-order valence-electron chi connectivity index (χ2n) is 1.87. The van der Waals surface area contributed by atoms with Crippen LogP contribution in [-0.2, 0) is 0 Å². The lowest BCUT2D eigenvalue weighted by Crippen LogP contribution is -1.82. The molecule has 0 unspecified atom stereocenters. The molecule has 0 radical (unpaired) electrons. The van der Waals surface area contributed by atoms with E-state index in [0.29, 0.717) is 10.8 Å². The van der Waals surface area contributed by atoms with Crippen molar-refractivity contribution in [1.82, 2.24) is 0 Å².